The van der Waals surface area contributed by atoms with Crippen molar-refractivity contribution in [1.29, 1.82) is 0 Å². The number of Topliss-reactive ketones (excluding diaryl/α,β-unsaturated/α-hetero) is 4. The molecule has 0 aliphatic rings. The first kappa shape index (κ1) is 52.9. The fraction of sp³-hybridized carbons (Fsp3) is 0.250. The van der Waals surface area contributed by atoms with Crippen LogP contribution in [0.1, 0.15) is 237 Å². The van der Waals surface area contributed by atoms with Crippen molar-refractivity contribution in [2.24, 2.45) is 0 Å². The zero-order valence-electron chi connectivity index (χ0n) is 100. The molecule has 8 N–H and O–H groups in total. The van der Waals surface area contributed by atoms with Crippen LogP contribution in [-0.4, -0.2) is 101 Å². The fourth-order valence-corrected chi connectivity index (χ4v) is 19.2. The third-order valence-electron chi connectivity index (χ3n) is 16.0. The minimum absolute atomic E-state index is 0.107. The summed E-state index contributed by atoms with van der Waals surface area (Å²) in [6.45, 7) is -12.5. The molecule has 12 aromatic rings. The molecule has 0 saturated heterocycles. The lowest BCUT2D eigenvalue weighted by molar-refractivity contribution is 0.100. The smallest absolute Gasteiger partial charge is 0.267 e. The van der Waals surface area contributed by atoms with Gasteiger partial charge in [0.15, 0.2) is 34.4 Å². The molecule has 0 atom stereocenters. The number of carbonyl (C=O) groups excluding carboxylic acids is 8. The molecule has 120 heavy (non-hydrogen) atoms. The van der Waals surface area contributed by atoms with Gasteiger partial charge in [0.2, 0.25) is 23.5 Å². The van der Waals surface area contributed by atoms with Crippen LogP contribution in [0.15, 0.2) is 132 Å². The Labute approximate surface area is 760 Å². The molecule has 8 heterocycles. The highest BCUT2D eigenvalue weighted by molar-refractivity contribution is 7.94. The summed E-state index contributed by atoms with van der Waals surface area (Å²) in [4.78, 5) is 98.6. The average Bonchev–Trinajstić information content (AvgIpc) is 1.43. The molecule has 0 aliphatic carbocycles. The van der Waals surface area contributed by atoms with Gasteiger partial charge in [0.25, 0.3) is 63.7 Å². The quantitative estimate of drug-likeness (QED) is 0.0260. The molecule has 0 bridgehead atoms. The van der Waals surface area contributed by atoms with Crippen molar-refractivity contribution in [3.05, 3.63) is 226 Å². The Balaban J connectivity index is 0.000000232. The van der Waals surface area contributed by atoms with Gasteiger partial charge in [-0.25, -0.2) is 52.5 Å². The maximum atomic E-state index is 13.6. The van der Waals surface area contributed by atoms with Gasteiger partial charge in [0.05, 0.1) is 48.3 Å². The lowest BCUT2D eigenvalue weighted by atomic mass is 10.0. The van der Waals surface area contributed by atoms with Crippen LogP contribution in [0.2, 0.25) is 11.3 Å². The van der Waals surface area contributed by atoms with Crippen molar-refractivity contribution < 1.29 is 141 Å². The van der Waals surface area contributed by atoms with Gasteiger partial charge in [0, 0.05) is 81.5 Å². The molecule has 0 radical (unpaired) electrons. The Morgan fingerprint density at radius 1 is 0.342 bits per heavy atom. The van der Waals surface area contributed by atoms with Crippen LogP contribution >= 0.6 is 45.3 Å². The number of sulfonamides is 4. The third-order valence-corrected chi connectivity index (χ3v) is 25.4. The first-order chi connectivity index (χ1) is 71.2. The molecular weight excluding hydrogens is 1710 g/mol. The number of benzene rings is 4. The summed E-state index contributed by atoms with van der Waals surface area (Å²) in [5.74, 6) is -13.6. The largest absolute Gasteiger partial charge is 0.337 e. The van der Waals surface area contributed by atoms with Gasteiger partial charge in [-0.3, -0.25) is 38.4 Å². The second-order valence-corrected chi connectivity index (χ2v) is 34.9. The van der Waals surface area contributed by atoms with E-state index in [0.29, 0.717) is 78.6 Å². The fourth-order valence-electron chi connectivity index (χ4n) is 10.3. The highest BCUT2D eigenvalue weighted by atomic mass is 32.2. The molecule has 0 unspecified atom stereocenters. The standard InChI is InChI=1S/4C20H21N3O5S2/c4*1-10-8-11(2)17(15(9-10)14(5)24)21-19(25)18-16(6-7-29-18)30(26,27)23-20-12(3)13(4)22-28-20/h4*6-9,23H,1-5H3,(H,21,25)/i1D3,2D3,3D3,4D3,8D,9D;4D3,5D3;3D3,5D3;5D3/hD8. The number of aryl methyl sites for hydroxylation is 10. The van der Waals surface area contributed by atoms with Crippen LogP contribution in [0.4, 0.5) is 46.3 Å². The van der Waals surface area contributed by atoms with E-state index in [1.54, 1.807) is 33.8 Å². The predicted molar refractivity (Wildman–Crippen MR) is 460 cm³/mol. The zero-order chi connectivity index (χ0) is 120. The molecule has 0 spiro atoms. The average molecular weight is 1830 g/mol. The van der Waals surface area contributed by atoms with Crippen LogP contribution in [-0.2, 0) is 40.1 Å². The minimum atomic E-state index is -5.38. The summed E-state index contributed by atoms with van der Waals surface area (Å²) in [6, 6.07) is 9.67. The van der Waals surface area contributed by atoms with Gasteiger partial charge < -0.3 is 39.3 Å². The Morgan fingerprint density at radius 2 is 0.625 bits per heavy atom. The molecule has 632 valence electrons. The van der Waals surface area contributed by atoms with Crippen molar-refractivity contribution in [3.8, 4) is 0 Å². The van der Waals surface area contributed by atoms with E-state index >= 15 is 0 Å². The van der Waals surface area contributed by atoms with Crippen LogP contribution < -0.4 is 40.1 Å². The highest BCUT2D eigenvalue weighted by Crippen LogP contribution is 2.36. The van der Waals surface area contributed by atoms with Crippen molar-refractivity contribution in [2.45, 2.75) is 157 Å². The summed E-state index contributed by atoms with van der Waals surface area (Å²) in [5, 5.41) is 18.7. The van der Waals surface area contributed by atoms with Crippen LogP contribution in [0.25, 0.3) is 0 Å². The number of ketones is 4. The van der Waals surface area contributed by atoms with E-state index in [4.69, 9.17) is 64.6 Å². The Kier molecular flexibility index (Phi) is 16.4. The molecule has 12 rings (SSSR count). The van der Waals surface area contributed by atoms with Gasteiger partial charge in [-0.15, -0.1) is 45.3 Å². The lowest BCUT2D eigenvalue weighted by Gasteiger charge is -2.14. The molecule has 0 fully saturated rings. The Bertz CT molecular complexity index is 8170. The van der Waals surface area contributed by atoms with Crippen LogP contribution in [0.3, 0.4) is 0 Å². The number of carbonyl (C=O) groups is 8. The topological polar surface area (TPSA) is 473 Å². The number of hydrogen-bond donors (Lipinski definition) is 8. The van der Waals surface area contributed by atoms with Gasteiger partial charge in [0.1, 0.15) is 39.1 Å². The second kappa shape index (κ2) is 37.2. The molecule has 4 amide bonds. The maximum Gasteiger partial charge on any atom is 0.267 e. The van der Waals surface area contributed by atoms with Crippen LogP contribution in [0, 0.1) is 110 Å². The maximum absolute atomic E-state index is 13.6. The van der Waals surface area contributed by atoms with Crippen molar-refractivity contribution >= 4 is 178 Å². The molecule has 0 saturated carbocycles. The SMILES string of the molecule is [2H]N(C(=O)c1sccc1S(=O)(=O)N([2H])c1onc(C([2H])([2H])[2H])c1C)c1c(C)cc(C)cc1C(=O)C([2H])([2H])[2H].[2H]N(C(=O)c1sccc1S(=O)(=O)N([2H])c1onc(C)c1C([2H])([2H])[2H])c1c(C)cc(C)cc1C(=O)C([2H])([2H])[2H].[2H]N(C(=O)c1sccc1S(=O)(=O)N([2H])c1onc(C)c1C)c1c(C)cc(C)cc1C(=O)C([2H])([2H])[2H].[2H]c1c(C(C)=O)c(N([2H])C(=O)c2sccc2S(=O)(=O)N([2H])c2onc(C([2H])([2H])[2H])c2C([2H])([2H])[2H])c(C([2H])([2H])[2H])c([2H])c1C([2H])([2H])[2H]. The van der Waals surface area contributed by atoms with E-state index in [0.717, 1.165) is 36.6 Å². The van der Waals surface area contributed by atoms with E-state index in [2.05, 4.69) is 25.1 Å². The number of aromatic nitrogens is 4. The number of nitrogens with zero attached hydrogens (tertiary/aromatic N) is 4. The van der Waals surface area contributed by atoms with E-state index in [1.807, 2.05) is 0 Å². The normalized spacial score (nSPS) is 16.8. The Morgan fingerprint density at radius 3 is 0.900 bits per heavy atom. The zero-order valence-corrected chi connectivity index (χ0v) is 69.9. The molecule has 8 aromatic heterocycles. The summed E-state index contributed by atoms with van der Waals surface area (Å²) < 4.78 is 412. The van der Waals surface area contributed by atoms with Crippen molar-refractivity contribution in [3.63, 3.8) is 0 Å². The van der Waals surface area contributed by atoms with Crippen molar-refractivity contribution in [2.75, 3.05) is 40.1 Å². The number of hydrogen-bond acceptors (Lipinski definition) is 28. The summed E-state index contributed by atoms with van der Waals surface area (Å²) in [6.07, 6.45) is 0. The van der Waals surface area contributed by atoms with Gasteiger partial charge in [-0.05, 0) is 252 Å². The van der Waals surface area contributed by atoms with Gasteiger partial charge in [-0.2, -0.15) is 0 Å². The van der Waals surface area contributed by atoms with E-state index in [9.17, 15) is 72.0 Å². The molecule has 4 aromatic carbocycles. The summed E-state index contributed by atoms with van der Waals surface area (Å²) in [7, 11) is -19.8. The number of rotatable bonds is 24. The molecule has 0 aliphatic heterocycles. The van der Waals surface area contributed by atoms with E-state index in [1.165, 1.54) is 88.0 Å². The van der Waals surface area contributed by atoms with Gasteiger partial charge >= 0.3 is 0 Å². The molecular formula is C80H84N12O20S8. The number of nitrogens with one attached hydrogen (secondary N) is 8. The molecule has 32 nitrogen and oxygen atoms in total. The van der Waals surface area contributed by atoms with Crippen molar-refractivity contribution in [1.82, 2.24) is 20.6 Å². The lowest BCUT2D eigenvalue weighted by Crippen LogP contribution is -2.20. The third kappa shape index (κ3) is 21.0. The summed E-state index contributed by atoms with van der Waals surface area (Å²) in [5.41, 5.74) is -7.81. The predicted octanol–water partition coefficient (Wildman–Crippen LogP) is 16.9. The first-order valence-electron chi connectivity index (χ1n) is 51.2. The molecule has 40 heteroatoms. The Hall–Kier alpha value is -11.9. The number of anilines is 8. The summed E-state index contributed by atoms with van der Waals surface area (Å²) >= 11 is 2.28. The number of amides is 4. The number of thiophene rings is 4. The van der Waals surface area contributed by atoms with E-state index < -0.39 is 278 Å². The van der Waals surface area contributed by atoms with Gasteiger partial charge in [-0.1, -0.05) is 44.9 Å². The monoisotopic (exact) mass is 1830 g/mol. The minimum Gasteiger partial charge on any atom is -0.337 e. The highest BCUT2D eigenvalue weighted by Gasteiger charge is 2.33. The van der Waals surface area contributed by atoms with Crippen LogP contribution in [0.5, 0.6) is 0 Å². The second-order valence-electron chi connectivity index (χ2n) is 24.9. The van der Waals surface area contributed by atoms with E-state index in [-0.39, 0.29) is 86.5 Å². The first-order valence-corrected chi connectivity index (χ1v) is 42.4.